The first-order valence-electron chi connectivity index (χ1n) is 8.58. The Morgan fingerprint density at radius 3 is 2.82 bits per heavy atom. The molecule has 0 saturated carbocycles. The number of nitrogens with zero attached hydrogens (tertiary/aromatic N) is 3. The number of ketones is 1. The maximum atomic E-state index is 14.2. The number of amides is 1. The summed E-state index contributed by atoms with van der Waals surface area (Å²) in [5.74, 6) is -1.51. The largest absolute Gasteiger partial charge is 0.452 e. The Hall–Kier alpha value is -3.62. The van der Waals surface area contributed by atoms with Gasteiger partial charge in [-0.05, 0) is 37.3 Å². The highest BCUT2D eigenvalue weighted by atomic mass is 19.1. The highest BCUT2D eigenvalue weighted by Crippen LogP contribution is 2.25. The highest BCUT2D eigenvalue weighted by Gasteiger charge is 2.30. The van der Waals surface area contributed by atoms with E-state index >= 15 is 0 Å². The summed E-state index contributed by atoms with van der Waals surface area (Å²) in [5.41, 5.74) is 1.59. The van der Waals surface area contributed by atoms with E-state index in [2.05, 4.69) is 15.4 Å². The second-order valence-electron chi connectivity index (χ2n) is 6.41. The zero-order valence-corrected chi connectivity index (χ0v) is 14.8. The van der Waals surface area contributed by atoms with Crippen LogP contribution in [0.3, 0.4) is 0 Å². The SMILES string of the molecule is CC(=O)c1ccc(F)c(-c2ccc3nc(NC(=O)[C@H]4CCC(=O)O4)nn3c2)c1. The molecule has 0 aliphatic carbocycles. The zero-order chi connectivity index (χ0) is 19.8. The number of rotatable bonds is 4. The van der Waals surface area contributed by atoms with Gasteiger partial charge in [0.05, 0.1) is 0 Å². The molecule has 1 aliphatic heterocycles. The Morgan fingerprint density at radius 1 is 1.29 bits per heavy atom. The number of esters is 1. The Kier molecular flexibility index (Phi) is 4.34. The van der Waals surface area contributed by atoms with E-state index in [1.807, 2.05) is 0 Å². The molecule has 4 rings (SSSR count). The van der Waals surface area contributed by atoms with Crippen LogP contribution in [0.2, 0.25) is 0 Å². The highest BCUT2D eigenvalue weighted by molar-refractivity contribution is 5.96. The fourth-order valence-corrected chi connectivity index (χ4v) is 2.96. The van der Waals surface area contributed by atoms with E-state index in [0.717, 1.165) is 0 Å². The molecule has 142 valence electrons. The van der Waals surface area contributed by atoms with E-state index in [1.165, 1.54) is 29.6 Å². The van der Waals surface area contributed by atoms with Crippen LogP contribution in [0, 0.1) is 5.82 Å². The Bertz CT molecular complexity index is 1120. The molecule has 1 fully saturated rings. The third-order valence-corrected chi connectivity index (χ3v) is 4.43. The fraction of sp³-hybridized carbons (Fsp3) is 0.211. The molecule has 0 unspecified atom stereocenters. The van der Waals surface area contributed by atoms with Crippen molar-refractivity contribution in [2.45, 2.75) is 25.9 Å². The van der Waals surface area contributed by atoms with Crippen molar-refractivity contribution >= 4 is 29.3 Å². The fourth-order valence-electron chi connectivity index (χ4n) is 2.96. The summed E-state index contributed by atoms with van der Waals surface area (Å²) >= 11 is 0. The number of pyridine rings is 1. The average Bonchev–Trinajstić information content (AvgIpc) is 3.26. The Balaban J connectivity index is 1.62. The minimum Gasteiger partial charge on any atom is -0.452 e. The lowest BCUT2D eigenvalue weighted by atomic mass is 10.0. The van der Waals surface area contributed by atoms with Crippen LogP contribution in [0.1, 0.15) is 30.1 Å². The predicted molar refractivity (Wildman–Crippen MR) is 96.1 cm³/mol. The van der Waals surface area contributed by atoms with Gasteiger partial charge in [-0.15, -0.1) is 5.10 Å². The van der Waals surface area contributed by atoms with Crippen LogP contribution < -0.4 is 5.32 Å². The van der Waals surface area contributed by atoms with Gasteiger partial charge in [0.25, 0.3) is 5.91 Å². The molecule has 28 heavy (non-hydrogen) atoms. The van der Waals surface area contributed by atoms with Gasteiger partial charge in [-0.2, -0.15) is 4.98 Å². The lowest BCUT2D eigenvalue weighted by molar-refractivity contribution is -0.146. The molecule has 0 bridgehead atoms. The first kappa shape index (κ1) is 17.8. The molecule has 1 atom stereocenters. The lowest BCUT2D eigenvalue weighted by Crippen LogP contribution is -2.27. The van der Waals surface area contributed by atoms with E-state index in [1.54, 1.807) is 18.3 Å². The number of cyclic esters (lactones) is 1. The van der Waals surface area contributed by atoms with E-state index < -0.39 is 23.8 Å². The van der Waals surface area contributed by atoms with Gasteiger partial charge in [-0.1, -0.05) is 0 Å². The van der Waals surface area contributed by atoms with Crippen molar-refractivity contribution in [3.05, 3.63) is 47.9 Å². The van der Waals surface area contributed by atoms with E-state index in [-0.39, 0.29) is 23.7 Å². The van der Waals surface area contributed by atoms with Crippen molar-refractivity contribution in [2.24, 2.45) is 0 Å². The molecule has 0 spiro atoms. The molecular weight excluding hydrogens is 367 g/mol. The number of ether oxygens (including phenoxy) is 1. The quantitative estimate of drug-likeness (QED) is 0.549. The van der Waals surface area contributed by atoms with Crippen LogP contribution in [0.15, 0.2) is 36.5 Å². The number of benzene rings is 1. The first-order valence-corrected chi connectivity index (χ1v) is 8.58. The number of halogens is 1. The number of hydrogen-bond acceptors (Lipinski definition) is 6. The standard InChI is InChI=1S/C19H15FN4O4/c1-10(25)11-2-4-14(20)13(8-11)12-3-6-16-21-19(23-24(16)9-12)22-18(27)15-5-7-17(26)28-15/h2-4,6,8-9,15H,5,7H2,1H3,(H,22,23,27)/t15-/m1/s1. The van der Waals surface area contributed by atoms with E-state index in [4.69, 9.17) is 4.74 Å². The van der Waals surface area contributed by atoms with Crippen molar-refractivity contribution in [3.63, 3.8) is 0 Å². The molecular formula is C19H15FN4O4. The van der Waals surface area contributed by atoms with Gasteiger partial charge in [0.15, 0.2) is 17.5 Å². The van der Waals surface area contributed by atoms with Crippen LogP contribution in [0.5, 0.6) is 0 Å². The van der Waals surface area contributed by atoms with Gasteiger partial charge in [0.2, 0.25) is 5.95 Å². The number of fused-ring (bicyclic) bond motifs is 1. The summed E-state index contributed by atoms with van der Waals surface area (Å²) in [6, 6.07) is 7.42. The Labute approximate surface area is 158 Å². The molecule has 3 heterocycles. The Morgan fingerprint density at radius 2 is 2.11 bits per heavy atom. The second-order valence-corrected chi connectivity index (χ2v) is 6.41. The maximum absolute atomic E-state index is 14.2. The van der Waals surface area contributed by atoms with Gasteiger partial charge in [-0.3, -0.25) is 19.7 Å². The van der Waals surface area contributed by atoms with E-state index in [0.29, 0.717) is 23.2 Å². The summed E-state index contributed by atoms with van der Waals surface area (Å²) in [5, 5.41) is 6.67. The second kappa shape index (κ2) is 6.84. The maximum Gasteiger partial charge on any atom is 0.306 e. The molecule has 1 aliphatic rings. The topological polar surface area (TPSA) is 103 Å². The average molecular weight is 382 g/mol. The molecule has 9 heteroatoms. The van der Waals surface area contributed by atoms with Gasteiger partial charge in [-0.25, -0.2) is 8.91 Å². The number of anilines is 1. The lowest BCUT2D eigenvalue weighted by Gasteiger charge is -2.06. The van der Waals surface area contributed by atoms with Crippen molar-refractivity contribution in [1.82, 2.24) is 14.6 Å². The number of aromatic nitrogens is 3. The third-order valence-electron chi connectivity index (χ3n) is 4.43. The summed E-state index contributed by atoms with van der Waals surface area (Å²) in [6.45, 7) is 1.41. The normalized spacial score (nSPS) is 16.2. The smallest absolute Gasteiger partial charge is 0.306 e. The van der Waals surface area contributed by atoms with Gasteiger partial charge >= 0.3 is 5.97 Å². The minimum absolute atomic E-state index is 0.0445. The van der Waals surface area contributed by atoms with Crippen LogP contribution in [-0.4, -0.2) is 38.4 Å². The molecule has 8 nitrogen and oxygen atoms in total. The van der Waals surface area contributed by atoms with Crippen LogP contribution in [0.4, 0.5) is 10.3 Å². The van der Waals surface area contributed by atoms with Crippen molar-refractivity contribution in [1.29, 1.82) is 0 Å². The monoisotopic (exact) mass is 382 g/mol. The minimum atomic E-state index is -0.849. The predicted octanol–water partition coefficient (Wildman–Crippen LogP) is 2.38. The number of carbonyl (C=O) groups excluding carboxylic acids is 3. The summed E-state index contributed by atoms with van der Waals surface area (Å²) in [6.07, 6.45) is 1.22. The van der Waals surface area contributed by atoms with Gasteiger partial charge in [0, 0.05) is 35.7 Å². The summed E-state index contributed by atoms with van der Waals surface area (Å²) < 4.78 is 20.5. The molecule has 1 amide bonds. The van der Waals surface area contributed by atoms with Gasteiger partial charge < -0.3 is 4.74 Å². The summed E-state index contributed by atoms with van der Waals surface area (Å²) in [4.78, 5) is 39.0. The summed E-state index contributed by atoms with van der Waals surface area (Å²) in [7, 11) is 0. The van der Waals surface area contributed by atoms with Crippen molar-refractivity contribution < 1.29 is 23.5 Å². The molecule has 0 radical (unpaired) electrons. The number of Topliss-reactive ketones (excluding diaryl/α,β-unsaturated/α-hetero) is 1. The molecule has 1 saturated heterocycles. The van der Waals surface area contributed by atoms with Crippen LogP contribution in [-0.2, 0) is 14.3 Å². The number of carbonyl (C=O) groups is 3. The van der Waals surface area contributed by atoms with Crippen molar-refractivity contribution in [2.75, 3.05) is 5.32 Å². The zero-order valence-electron chi connectivity index (χ0n) is 14.8. The van der Waals surface area contributed by atoms with Crippen LogP contribution in [0.25, 0.3) is 16.8 Å². The first-order chi connectivity index (χ1) is 13.4. The number of nitrogens with one attached hydrogen (secondary N) is 1. The third kappa shape index (κ3) is 3.34. The van der Waals surface area contributed by atoms with Crippen molar-refractivity contribution in [3.8, 4) is 11.1 Å². The molecule has 3 aromatic rings. The van der Waals surface area contributed by atoms with Gasteiger partial charge in [0.1, 0.15) is 5.82 Å². The van der Waals surface area contributed by atoms with Crippen LogP contribution >= 0.6 is 0 Å². The molecule has 1 aromatic carbocycles. The molecule has 1 N–H and O–H groups in total. The van der Waals surface area contributed by atoms with E-state index in [9.17, 15) is 18.8 Å². The number of hydrogen-bond donors (Lipinski definition) is 1. The molecule has 2 aromatic heterocycles.